The van der Waals surface area contributed by atoms with E-state index in [1.54, 1.807) is 0 Å². The van der Waals surface area contributed by atoms with Crippen molar-refractivity contribution in [1.29, 1.82) is 0 Å². The van der Waals surface area contributed by atoms with E-state index in [0.29, 0.717) is 0 Å². The van der Waals surface area contributed by atoms with Gasteiger partial charge in [0.15, 0.2) is 0 Å². The van der Waals surface area contributed by atoms with Crippen molar-refractivity contribution >= 4 is 40.8 Å². The van der Waals surface area contributed by atoms with Crippen LogP contribution in [0.2, 0.25) is 0 Å². The van der Waals surface area contributed by atoms with E-state index in [-0.39, 0.29) is 18.9 Å². The van der Waals surface area contributed by atoms with Crippen molar-refractivity contribution in [3.63, 3.8) is 0 Å². The van der Waals surface area contributed by atoms with Crippen molar-refractivity contribution < 1.29 is 8.44 Å². The Morgan fingerprint density at radius 1 is 1.00 bits per heavy atom. The summed E-state index contributed by atoms with van der Waals surface area (Å²) in [5.74, 6) is 0. The Morgan fingerprint density at radius 2 is 1.00 bits per heavy atom. The minimum Gasteiger partial charge on any atom is 0 e. The molecule has 0 unspecified atom stereocenters. The standard InChI is InChI=1S/3FH.Li.Sb/h3*1H;;/q;;;;+3/p-3. The van der Waals surface area contributed by atoms with Crippen LogP contribution in [0, 0.1) is 0 Å². The predicted molar refractivity (Wildman–Crippen MR) is 14.8 cm³/mol. The number of hydrogen-bond donors (Lipinski definition) is 0. The summed E-state index contributed by atoms with van der Waals surface area (Å²) < 4.78 is 29.6. The average Bonchev–Trinajstić information content (AvgIpc) is 0.811. The second-order valence-corrected chi connectivity index (χ2v) is 1.29. The van der Waals surface area contributed by atoms with Gasteiger partial charge in [-0.1, -0.05) is 0 Å². The monoisotopic (exact) mass is 185 g/mol. The van der Waals surface area contributed by atoms with Crippen LogP contribution in [-0.4, -0.2) is 40.8 Å². The van der Waals surface area contributed by atoms with E-state index in [1.165, 1.54) is 0 Å². The Labute approximate surface area is 49.3 Å². The van der Waals surface area contributed by atoms with E-state index in [0.717, 1.165) is 0 Å². The van der Waals surface area contributed by atoms with Crippen molar-refractivity contribution in [1.82, 2.24) is 0 Å². The summed E-state index contributed by atoms with van der Waals surface area (Å²) >= 11 is -4.95. The van der Waals surface area contributed by atoms with Gasteiger partial charge in [0, 0.05) is 18.9 Å². The van der Waals surface area contributed by atoms with Crippen molar-refractivity contribution in [3.05, 3.63) is 0 Å². The minimum absolute atomic E-state index is 0. The summed E-state index contributed by atoms with van der Waals surface area (Å²) in [6.45, 7) is 0. The van der Waals surface area contributed by atoms with Gasteiger partial charge in [0.25, 0.3) is 0 Å². The Morgan fingerprint density at radius 3 is 1.00 bits per heavy atom. The molecule has 0 rings (SSSR count). The summed E-state index contributed by atoms with van der Waals surface area (Å²) in [4.78, 5) is 0. The van der Waals surface area contributed by atoms with Gasteiger partial charge in [-0.25, -0.2) is 0 Å². The minimum atomic E-state index is -4.95. The summed E-state index contributed by atoms with van der Waals surface area (Å²) in [6, 6.07) is 0. The van der Waals surface area contributed by atoms with Crippen molar-refractivity contribution in [2.24, 2.45) is 0 Å². The zero-order valence-electron chi connectivity index (χ0n) is 2.58. The summed E-state index contributed by atoms with van der Waals surface area (Å²) in [5.41, 5.74) is 0. The summed E-state index contributed by atoms with van der Waals surface area (Å²) in [5, 5.41) is 0. The molecule has 0 atom stereocenters. The van der Waals surface area contributed by atoms with E-state index >= 15 is 0 Å². The maximum atomic E-state index is 9.85. The van der Waals surface area contributed by atoms with Crippen LogP contribution >= 0.6 is 0 Å². The molecule has 0 nitrogen and oxygen atoms in total. The molecule has 0 aliphatic heterocycles. The second-order valence-electron chi connectivity index (χ2n) is 0.192. The van der Waals surface area contributed by atoms with Gasteiger partial charge < -0.3 is 0 Å². The molecule has 1 radical (unpaired) electrons. The zero-order valence-corrected chi connectivity index (χ0v) is 5.13. The Hall–Kier alpha value is 1.21. The molecule has 0 saturated carbocycles. The fraction of sp³-hybridized carbons (Fsp3) is 0. The van der Waals surface area contributed by atoms with E-state index in [4.69, 9.17) is 0 Å². The molecule has 0 aromatic rings. The first-order chi connectivity index (χ1) is 1.73. The molecule has 0 amide bonds. The maximum absolute atomic E-state index is 9.85. The van der Waals surface area contributed by atoms with Gasteiger partial charge in [0.1, 0.15) is 0 Å². The van der Waals surface area contributed by atoms with Crippen LogP contribution in [0.5, 0.6) is 0 Å². The molecule has 0 spiro atoms. The summed E-state index contributed by atoms with van der Waals surface area (Å²) in [7, 11) is 0. The van der Waals surface area contributed by atoms with E-state index in [9.17, 15) is 8.44 Å². The predicted octanol–water partition coefficient (Wildman–Crippen LogP) is 0.499. The van der Waals surface area contributed by atoms with Crippen LogP contribution in [0.1, 0.15) is 0 Å². The molecular formula is F3LiSb. The smallest absolute Gasteiger partial charge is 0 e. The van der Waals surface area contributed by atoms with Crippen LogP contribution in [0.3, 0.4) is 0 Å². The number of rotatable bonds is 0. The first-order valence-electron chi connectivity index (χ1n) is 0.507. The van der Waals surface area contributed by atoms with Crippen LogP contribution < -0.4 is 0 Å². The molecule has 0 saturated heterocycles. The van der Waals surface area contributed by atoms with Crippen LogP contribution in [0.15, 0.2) is 0 Å². The van der Waals surface area contributed by atoms with Gasteiger partial charge in [-0.2, -0.15) is 0 Å². The van der Waals surface area contributed by atoms with Crippen LogP contribution in [-0.2, 0) is 0 Å². The second kappa shape index (κ2) is 5.21. The third kappa shape index (κ3) is 36.8. The molecule has 0 bridgehead atoms. The zero-order chi connectivity index (χ0) is 3.58. The molecule has 0 N–H and O–H groups in total. The SMILES string of the molecule is [F][Sb]([F])[F].[Li]. The Balaban J connectivity index is 0. The molecule has 0 aromatic heterocycles. The molecule has 0 aromatic carbocycles. The Bertz CT molecular complexity index is 11.6. The average molecular weight is 186 g/mol. The maximum Gasteiger partial charge on any atom is 0 e. The van der Waals surface area contributed by atoms with E-state index in [1.807, 2.05) is 0 Å². The molecule has 5 heavy (non-hydrogen) atoms. The third-order valence-corrected chi connectivity index (χ3v) is 0. The van der Waals surface area contributed by atoms with Crippen molar-refractivity contribution in [2.45, 2.75) is 0 Å². The quantitative estimate of drug-likeness (QED) is 0.483. The van der Waals surface area contributed by atoms with Gasteiger partial charge in [-0.05, 0) is 0 Å². The van der Waals surface area contributed by atoms with Gasteiger partial charge in [-0.15, -0.1) is 0 Å². The van der Waals surface area contributed by atoms with Gasteiger partial charge in [0.05, 0.1) is 0 Å². The van der Waals surface area contributed by atoms with Gasteiger partial charge in [-0.3, -0.25) is 0 Å². The fourth-order valence-electron chi connectivity index (χ4n) is 0. The van der Waals surface area contributed by atoms with Crippen LogP contribution in [0.4, 0.5) is 8.44 Å². The van der Waals surface area contributed by atoms with E-state index in [2.05, 4.69) is 0 Å². The van der Waals surface area contributed by atoms with Crippen molar-refractivity contribution in [3.8, 4) is 0 Å². The topological polar surface area (TPSA) is 0 Å². The molecular weight excluding hydrogens is 186 g/mol. The van der Waals surface area contributed by atoms with E-state index < -0.39 is 22.0 Å². The third-order valence-electron chi connectivity index (χ3n) is 0. The van der Waals surface area contributed by atoms with Crippen LogP contribution in [0.25, 0.3) is 0 Å². The first kappa shape index (κ1) is 9.51. The number of halogens is 3. The Kier molecular flexibility index (Phi) is 9.90. The summed E-state index contributed by atoms with van der Waals surface area (Å²) in [6.07, 6.45) is 0. The van der Waals surface area contributed by atoms with Gasteiger partial charge >= 0.3 is 30.4 Å². The normalized spacial score (nSPS) is 7.20. The fourth-order valence-corrected chi connectivity index (χ4v) is 0. The van der Waals surface area contributed by atoms with Crippen molar-refractivity contribution in [2.75, 3.05) is 0 Å². The largest absolute Gasteiger partial charge is 0 e. The molecule has 27 valence electrons. The molecule has 5 heteroatoms. The molecule has 0 heterocycles. The van der Waals surface area contributed by atoms with Gasteiger partial charge in [0.2, 0.25) is 0 Å². The molecule has 0 aliphatic carbocycles. The first-order valence-corrected chi connectivity index (χ1v) is 3.40. The molecule has 0 aliphatic rings. The number of hydrogen-bond acceptors (Lipinski definition) is 0. The molecule has 0 fully saturated rings.